The summed E-state index contributed by atoms with van der Waals surface area (Å²) in [4.78, 5) is 18.7. The smallest absolute Gasteiger partial charge is 0.227 e. The summed E-state index contributed by atoms with van der Waals surface area (Å²) in [5.41, 5.74) is 1.34. The zero-order valence-corrected chi connectivity index (χ0v) is 14.8. The number of thiazole rings is 1. The fraction of sp³-hybridized carbons (Fsp3) is 0.300. The number of nitrogens with one attached hydrogen (secondary N) is 1. The van der Waals surface area contributed by atoms with Gasteiger partial charge in [0.1, 0.15) is 0 Å². The average Bonchev–Trinajstić information content (AvgIpc) is 3.36. The molecule has 0 saturated heterocycles. The molecule has 0 radical (unpaired) electrons. The molecule has 2 aromatic carbocycles. The summed E-state index contributed by atoms with van der Waals surface area (Å²) in [6.45, 7) is 1.68. The van der Waals surface area contributed by atoms with E-state index in [1.54, 1.807) is 6.20 Å². The molecule has 0 unspecified atom stereocenters. The van der Waals surface area contributed by atoms with Crippen molar-refractivity contribution in [3.05, 3.63) is 59.6 Å². The average molecular weight is 351 g/mol. The molecule has 5 heteroatoms. The minimum absolute atomic E-state index is 0.0403. The molecule has 1 amide bonds. The van der Waals surface area contributed by atoms with Crippen molar-refractivity contribution in [2.75, 3.05) is 11.9 Å². The van der Waals surface area contributed by atoms with Crippen LogP contribution in [0.2, 0.25) is 0 Å². The molecule has 1 aliphatic carbocycles. The van der Waals surface area contributed by atoms with Crippen LogP contribution in [0.3, 0.4) is 0 Å². The summed E-state index contributed by atoms with van der Waals surface area (Å²) in [5, 5.41) is 8.00. The molecule has 4 rings (SSSR count). The number of rotatable bonds is 7. The van der Waals surface area contributed by atoms with E-state index in [1.165, 1.54) is 40.5 Å². The first-order valence-electron chi connectivity index (χ1n) is 8.69. The topological polar surface area (TPSA) is 45.2 Å². The van der Waals surface area contributed by atoms with Crippen LogP contribution in [0, 0.1) is 0 Å². The summed E-state index contributed by atoms with van der Waals surface area (Å²) >= 11 is 1.45. The summed E-state index contributed by atoms with van der Waals surface area (Å²) in [5.74, 6) is 0.0403. The van der Waals surface area contributed by atoms with Crippen molar-refractivity contribution in [2.45, 2.75) is 31.8 Å². The Kier molecular flexibility index (Phi) is 4.76. The molecule has 25 heavy (non-hydrogen) atoms. The van der Waals surface area contributed by atoms with Crippen molar-refractivity contribution in [2.24, 2.45) is 0 Å². The molecule has 0 bridgehead atoms. The molecule has 3 aromatic rings. The highest BCUT2D eigenvalue weighted by atomic mass is 32.1. The minimum atomic E-state index is 0.0403. The monoisotopic (exact) mass is 351 g/mol. The maximum Gasteiger partial charge on any atom is 0.227 e. The normalized spacial score (nSPS) is 14.1. The van der Waals surface area contributed by atoms with E-state index in [-0.39, 0.29) is 5.91 Å². The molecule has 0 aliphatic heterocycles. The van der Waals surface area contributed by atoms with Gasteiger partial charge in [-0.25, -0.2) is 4.98 Å². The van der Waals surface area contributed by atoms with E-state index < -0.39 is 0 Å². The number of benzene rings is 2. The van der Waals surface area contributed by atoms with Gasteiger partial charge in [-0.2, -0.15) is 0 Å². The van der Waals surface area contributed by atoms with E-state index in [9.17, 15) is 4.79 Å². The second-order valence-electron chi connectivity index (χ2n) is 6.48. The van der Waals surface area contributed by atoms with Crippen LogP contribution in [-0.4, -0.2) is 28.4 Å². The Labute approximate surface area is 151 Å². The number of nitrogens with zero attached hydrogens (tertiary/aromatic N) is 2. The Balaban J connectivity index is 1.42. The number of fused-ring (bicyclic) bond motifs is 1. The van der Waals surface area contributed by atoms with Gasteiger partial charge in [0.2, 0.25) is 5.91 Å². The van der Waals surface area contributed by atoms with E-state index in [4.69, 9.17) is 0 Å². The lowest BCUT2D eigenvalue weighted by Crippen LogP contribution is -2.29. The van der Waals surface area contributed by atoms with Gasteiger partial charge in [0, 0.05) is 37.1 Å². The minimum Gasteiger partial charge on any atom is -0.302 e. The molecule has 4 nitrogen and oxygen atoms in total. The van der Waals surface area contributed by atoms with E-state index in [0.29, 0.717) is 17.6 Å². The lowest BCUT2D eigenvalue weighted by atomic mass is 10.0. The largest absolute Gasteiger partial charge is 0.302 e. The molecule has 1 aliphatic rings. The Morgan fingerprint density at radius 1 is 1.20 bits per heavy atom. The molecule has 1 N–H and O–H groups in total. The number of carbonyl (C=O) groups is 1. The van der Waals surface area contributed by atoms with Crippen LogP contribution in [-0.2, 0) is 11.3 Å². The Bertz CT molecular complexity index is 853. The standard InChI is InChI=1S/C20H21N3OS/c24-19(22-20-21-11-13-25-20)10-12-23(17-8-9-17)14-16-6-3-5-15-4-1-2-7-18(15)16/h1-7,11,13,17H,8-10,12,14H2,(H,21,22,24). The number of carbonyl (C=O) groups excluding carboxylic acids is 1. The highest BCUT2D eigenvalue weighted by Gasteiger charge is 2.29. The van der Waals surface area contributed by atoms with Gasteiger partial charge in [0.05, 0.1) is 0 Å². The maximum absolute atomic E-state index is 12.2. The van der Waals surface area contributed by atoms with Crippen LogP contribution in [0.25, 0.3) is 10.8 Å². The first-order chi connectivity index (χ1) is 12.3. The van der Waals surface area contributed by atoms with Crippen LogP contribution in [0.5, 0.6) is 0 Å². The number of hydrogen-bond acceptors (Lipinski definition) is 4. The van der Waals surface area contributed by atoms with E-state index >= 15 is 0 Å². The SMILES string of the molecule is O=C(CCN(Cc1cccc2ccccc12)C1CC1)Nc1nccs1. The zero-order chi connectivity index (χ0) is 17.1. The molecule has 0 atom stereocenters. The summed E-state index contributed by atoms with van der Waals surface area (Å²) in [7, 11) is 0. The van der Waals surface area contributed by atoms with Gasteiger partial charge < -0.3 is 5.32 Å². The molecule has 1 saturated carbocycles. The lowest BCUT2D eigenvalue weighted by Gasteiger charge is -2.22. The maximum atomic E-state index is 12.2. The van der Waals surface area contributed by atoms with E-state index in [2.05, 4.69) is 57.7 Å². The first kappa shape index (κ1) is 16.2. The summed E-state index contributed by atoms with van der Waals surface area (Å²) in [6, 6.07) is 15.6. The molecule has 1 heterocycles. The van der Waals surface area contributed by atoms with Crippen molar-refractivity contribution in [3.63, 3.8) is 0 Å². The van der Waals surface area contributed by atoms with Crippen LogP contribution in [0.4, 0.5) is 5.13 Å². The molecule has 0 spiro atoms. The second-order valence-corrected chi connectivity index (χ2v) is 7.37. The van der Waals surface area contributed by atoms with Gasteiger partial charge in [-0.3, -0.25) is 9.69 Å². The predicted octanol–water partition coefficient (Wildman–Crippen LogP) is 4.29. The number of hydrogen-bond donors (Lipinski definition) is 1. The Morgan fingerprint density at radius 2 is 2.04 bits per heavy atom. The van der Waals surface area contributed by atoms with Crippen molar-refractivity contribution < 1.29 is 4.79 Å². The fourth-order valence-corrected chi connectivity index (χ4v) is 3.74. The predicted molar refractivity (Wildman–Crippen MR) is 103 cm³/mol. The van der Waals surface area contributed by atoms with Crippen LogP contribution in [0.15, 0.2) is 54.0 Å². The van der Waals surface area contributed by atoms with Crippen molar-refractivity contribution >= 4 is 33.1 Å². The highest BCUT2D eigenvalue weighted by Crippen LogP contribution is 2.30. The van der Waals surface area contributed by atoms with Gasteiger partial charge in [-0.1, -0.05) is 42.5 Å². The van der Waals surface area contributed by atoms with Crippen LogP contribution in [0.1, 0.15) is 24.8 Å². The highest BCUT2D eigenvalue weighted by molar-refractivity contribution is 7.13. The zero-order valence-electron chi connectivity index (χ0n) is 14.0. The quantitative estimate of drug-likeness (QED) is 0.691. The van der Waals surface area contributed by atoms with Gasteiger partial charge in [0.25, 0.3) is 0 Å². The summed E-state index contributed by atoms with van der Waals surface area (Å²) < 4.78 is 0. The third kappa shape index (κ3) is 4.06. The molecular formula is C20H21N3OS. The lowest BCUT2D eigenvalue weighted by molar-refractivity contribution is -0.116. The molecular weight excluding hydrogens is 330 g/mol. The van der Waals surface area contributed by atoms with Gasteiger partial charge in [0.15, 0.2) is 5.13 Å². The van der Waals surface area contributed by atoms with Crippen molar-refractivity contribution in [1.82, 2.24) is 9.88 Å². The Hall–Kier alpha value is -2.24. The molecule has 1 aromatic heterocycles. The fourth-order valence-electron chi connectivity index (χ4n) is 3.19. The number of aromatic nitrogens is 1. The number of anilines is 1. The first-order valence-corrected chi connectivity index (χ1v) is 9.57. The number of amides is 1. The van der Waals surface area contributed by atoms with Crippen molar-refractivity contribution in [3.8, 4) is 0 Å². The third-order valence-corrected chi connectivity index (χ3v) is 5.31. The van der Waals surface area contributed by atoms with Crippen LogP contribution >= 0.6 is 11.3 Å². The second kappa shape index (κ2) is 7.33. The third-order valence-electron chi connectivity index (χ3n) is 4.62. The van der Waals surface area contributed by atoms with Crippen LogP contribution < -0.4 is 5.32 Å². The van der Waals surface area contributed by atoms with Gasteiger partial charge >= 0.3 is 0 Å². The van der Waals surface area contributed by atoms with Crippen molar-refractivity contribution in [1.29, 1.82) is 0 Å². The van der Waals surface area contributed by atoms with E-state index in [0.717, 1.165) is 13.1 Å². The van der Waals surface area contributed by atoms with E-state index in [1.807, 2.05) is 5.38 Å². The van der Waals surface area contributed by atoms with Gasteiger partial charge in [-0.15, -0.1) is 11.3 Å². The summed E-state index contributed by atoms with van der Waals surface area (Å²) in [6.07, 6.45) is 4.68. The Morgan fingerprint density at radius 3 is 2.84 bits per heavy atom. The molecule has 1 fully saturated rings. The van der Waals surface area contributed by atoms with Gasteiger partial charge in [-0.05, 0) is 29.2 Å². The molecule has 128 valence electrons.